The first-order valence-corrected chi connectivity index (χ1v) is 4.80. The van der Waals surface area contributed by atoms with Crippen LogP contribution in [-0.2, 0) is 11.2 Å². The second-order valence-electron chi connectivity index (χ2n) is 3.51. The predicted octanol–water partition coefficient (Wildman–Crippen LogP) is 1.80. The summed E-state index contributed by atoms with van der Waals surface area (Å²) in [5, 5.41) is 0.289. The van der Waals surface area contributed by atoms with E-state index in [1.54, 1.807) is 6.26 Å². The van der Waals surface area contributed by atoms with E-state index in [4.69, 9.17) is 0 Å². The van der Waals surface area contributed by atoms with Crippen molar-refractivity contribution >= 4 is 11.2 Å². The van der Waals surface area contributed by atoms with Crippen molar-refractivity contribution in [2.45, 2.75) is 32.9 Å². The molecule has 0 aromatic rings. The van der Waals surface area contributed by atoms with Gasteiger partial charge in [0.2, 0.25) is 0 Å². The molecular weight excluding hydrogens is 132 g/mol. The minimum absolute atomic E-state index is 0.180. The summed E-state index contributed by atoms with van der Waals surface area (Å²) in [7, 11) is 0. The molecule has 2 atom stereocenters. The zero-order chi connectivity index (χ0) is 7.65. The summed E-state index contributed by atoms with van der Waals surface area (Å²) >= 11 is -0.680. The highest BCUT2D eigenvalue weighted by Gasteiger charge is 2.27. The normalized spacial score (nSPS) is 19.3. The Morgan fingerprint density at radius 1 is 1.33 bits per heavy atom. The van der Waals surface area contributed by atoms with Gasteiger partial charge in [-0.1, -0.05) is 31.9 Å². The van der Waals surface area contributed by atoms with Crippen molar-refractivity contribution in [2.24, 2.45) is 5.41 Å². The van der Waals surface area contributed by atoms with Crippen LogP contribution in [0, 0.1) is 5.41 Å². The van der Waals surface area contributed by atoms with Gasteiger partial charge in [0, 0.05) is 5.41 Å². The zero-order valence-corrected chi connectivity index (χ0v) is 7.71. The van der Waals surface area contributed by atoms with Gasteiger partial charge in [-0.25, -0.2) is 0 Å². The van der Waals surface area contributed by atoms with Crippen molar-refractivity contribution in [1.29, 1.82) is 0 Å². The molecule has 0 rings (SSSR count). The summed E-state index contributed by atoms with van der Waals surface area (Å²) in [5.74, 6) is 0. The van der Waals surface area contributed by atoms with Crippen LogP contribution in [0.2, 0.25) is 0 Å². The maximum atomic E-state index is 10.9. The highest BCUT2D eigenvalue weighted by atomic mass is 32.2. The lowest BCUT2D eigenvalue weighted by atomic mass is 9.93. The molecule has 0 N–H and O–H groups in total. The fourth-order valence-electron chi connectivity index (χ4n) is 0.498. The molecule has 0 saturated carbocycles. The molecule has 0 aliphatic carbocycles. The molecule has 0 heterocycles. The summed E-state index contributed by atoms with van der Waals surface area (Å²) in [4.78, 5) is 0. The van der Waals surface area contributed by atoms with E-state index in [0.29, 0.717) is 0 Å². The van der Waals surface area contributed by atoms with Crippen molar-refractivity contribution in [3.63, 3.8) is 0 Å². The van der Waals surface area contributed by atoms with Gasteiger partial charge < -0.3 is 4.55 Å². The average Bonchev–Trinajstić information content (AvgIpc) is 1.62. The number of hydrogen-bond acceptors (Lipinski definition) is 1. The van der Waals surface area contributed by atoms with E-state index in [-0.39, 0.29) is 10.7 Å². The first-order chi connectivity index (χ1) is 3.85. The van der Waals surface area contributed by atoms with Crippen LogP contribution in [0.4, 0.5) is 0 Å². The Morgan fingerprint density at radius 2 is 1.67 bits per heavy atom. The van der Waals surface area contributed by atoms with Crippen LogP contribution in [0.5, 0.6) is 0 Å². The van der Waals surface area contributed by atoms with Gasteiger partial charge >= 0.3 is 0 Å². The minimum Gasteiger partial charge on any atom is -0.616 e. The van der Waals surface area contributed by atoms with Crippen molar-refractivity contribution in [2.75, 3.05) is 6.26 Å². The third-order valence-corrected chi connectivity index (χ3v) is 3.42. The summed E-state index contributed by atoms with van der Waals surface area (Å²) in [5.41, 5.74) is 0.180. The molecule has 0 bridgehead atoms. The third-order valence-electron chi connectivity index (χ3n) is 1.72. The maximum Gasteiger partial charge on any atom is 0.117 e. The van der Waals surface area contributed by atoms with E-state index < -0.39 is 11.2 Å². The molecule has 0 spiro atoms. The summed E-state index contributed by atoms with van der Waals surface area (Å²) in [6.07, 6.45) is 1.76. The molecule has 1 unspecified atom stereocenters. The minimum atomic E-state index is -0.680. The maximum absolute atomic E-state index is 10.9. The van der Waals surface area contributed by atoms with E-state index in [9.17, 15) is 4.55 Å². The van der Waals surface area contributed by atoms with E-state index in [1.807, 2.05) is 6.92 Å². The highest BCUT2D eigenvalue weighted by molar-refractivity contribution is 7.91. The SMILES string of the molecule is CC([S@+](C)[O-])C(C)(C)C. The van der Waals surface area contributed by atoms with Crippen LogP contribution in [0.15, 0.2) is 0 Å². The molecule has 0 aliphatic heterocycles. The zero-order valence-electron chi connectivity index (χ0n) is 6.89. The molecule has 0 aliphatic rings. The van der Waals surface area contributed by atoms with Gasteiger partial charge in [-0.15, -0.1) is 0 Å². The summed E-state index contributed by atoms with van der Waals surface area (Å²) in [6.45, 7) is 8.35. The Labute approximate surface area is 61.0 Å². The second-order valence-corrected chi connectivity index (χ2v) is 5.21. The second kappa shape index (κ2) is 2.93. The van der Waals surface area contributed by atoms with Gasteiger partial charge in [0.15, 0.2) is 0 Å². The highest BCUT2D eigenvalue weighted by Crippen LogP contribution is 2.24. The first-order valence-electron chi connectivity index (χ1n) is 3.18. The van der Waals surface area contributed by atoms with Gasteiger partial charge in [0.25, 0.3) is 0 Å². The van der Waals surface area contributed by atoms with Gasteiger partial charge in [0.05, 0.1) is 6.26 Å². The molecule has 1 nitrogen and oxygen atoms in total. The van der Waals surface area contributed by atoms with Crippen LogP contribution in [-0.4, -0.2) is 16.1 Å². The Bertz CT molecular complexity index is 83.4. The Kier molecular flexibility index (Phi) is 3.03. The number of hydrogen-bond donors (Lipinski definition) is 0. The van der Waals surface area contributed by atoms with Crippen molar-refractivity contribution < 1.29 is 4.55 Å². The van der Waals surface area contributed by atoms with E-state index in [2.05, 4.69) is 20.8 Å². The molecule has 0 amide bonds. The molecule has 2 heteroatoms. The molecule has 0 saturated heterocycles. The smallest absolute Gasteiger partial charge is 0.117 e. The van der Waals surface area contributed by atoms with Gasteiger partial charge in [-0.05, 0) is 6.92 Å². The van der Waals surface area contributed by atoms with E-state index >= 15 is 0 Å². The lowest BCUT2D eigenvalue weighted by Gasteiger charge is -2.26. The Balaban J connectivity index is 3.88. The lowest BCUT2D eigenvalue weighted by molar-refractivity contribution is 0.393. The topological polar surface area (TPSA) is 23.1 Å². The quantitative estimate of drug-likeness (QED) is 0.520. The van der Waals surface area contributed by atoms with Gasteiger partial charge in [-0.3, -0.25) is 0 Å². The average molecular weight is 148 g/mol. The standard InChI is InChI=1S/C7H16OS/c1-6(9(5)8)7(2,3)4/h6H,1-5H3/t6?,9-/m0/s1. The lowest BCUT2D eigenvalue weighted by Crippen LogP contribution is -2.30. The Hall–Kier alpha value is 0.310. The molecule has 0 fully saturated rings. The first kappa shape index (κ1) is 9.31. The van der Waals surface area contributed by atoms with Crippen LogP contribution in [0.25, 0.3) is 0 Å². The molecule has 0 aromatic heterocycles. The molecule has 56 valence electrons. The molecule has 0 radical (unpaired) electrons. The number of rotatable bonds is 1. The fourth-order valence-corrected chi connectivity index (χ4v) is 1.49. The largest absolute Gasteiger partial charge is 0.616 e. The fraction of sp³-hybridized carbons (Fsp3) is 1.00. The van der Waals surface area contributed by atoms with Crippen molar-refractivity contribution in [1.82, 2.24) is 0 Å². The predicted molar refractivity (Wildman–Crippen MR) is 43.0 cm³/mol. The van der Waals surface area contributed by atoms with Crippen LogP contribution in [0.3, 0.4) is 0 Å². The van der Waals surface area contributed by atoms with E-state index in [1.165, 1.54) is 0 Å². The van der Waals surface area contributed by atoms with E-state index in [0.717, 1.165) is 0 Å². The molecular formula is C7H16OS. The van der Waals surface area contributed by atoms with Crippen LogP contribution < -0.4 is 0 Å². The van der Waals surface area contributed by atoms with Crippen molar-refractivity contribution in [3.05, 3.63) is 0 Å². The summed E-state index contributed by atoms with van der Waals surface area (Å²) in [6, 6.07) is 0. The van der Waals surface area contributed by atoms with Gasteiger partial charge in [0.1, 0.15) is 5.25 Å². The van der Waals surface area contributed by atoms with Crippen LogP contribution in [0.1, 0.15) is 27.7 Å². The van der Waals surface area contributed by atoms with Crippen molar-refractivity contribution in [3.8, 4) is 0 Å². The monoisotopic (exact) mass is 148 g/mol. The third kappa shape index (κ3) is 3.11. The Morgan fingerprint density at radius 3 is 1.67 bits per heavy atom. The molecule has 0 aromatic carbocycles. The summed E-state index contributed by atoms with van der Waals surface area (Å²) < 4.78 is 10.9. The van der Waals surface area contributed by atoms with Gasteiger partial charge in [-0.2, -0.15) is 0 Å². The van der Waals surface area contributed by atoms with Crippen LogP contribution >= 0.6 is 0 Å². The molecule has 9 heavy (non-hydrogen) atoms.